The van der Waals surface area contributed by atoms with Crippen molar-refractivity contribution in [3.8, 4) is 0 Å². The average Bonchev–Trinajstić information content (AvgIpc) is 3.23. The van der Waals surface area contributed by atoms with Crippen LogP contribution in [0.25, 0.3) is 0 Å². The number of benzene rings is 1. The molecule has 1 amide bonds. The van der Waals surface area contributed by atoms with Gasteiger partial charge in [0.05, 0.1) is 18.8 Å². The minimum absolute atomic E-state index is 0.0588. The molecule has 122 valence electrons. The number of hydrogen-bond donors (Lipinski definition) is 2. The monoisotopic (exact) mass is 313 g/mol. The molecule has 0 unspecified atom stereocenters. The lowest BCUT2D eigenvalue weighted by Gasteiger charge is -2.25. The number of nitrogens with two attached hydrogens (primary N) is 1. The minimum Gasteiger partial charge on any atom is -0.467 e. The molecule has 2 aromatic rings. The maximum Gasteiger partial charge on any atom is 0.240 e. The Morgan fingerprint density at radius 1 is 1.26 bits per heavy atom. The molecule has 1 saturated heterocycles. The van der Waals surface area contributed by atoms with Crippen molar-refractivity contribution < 1.29 is 9.21 Å². The molecule has 2 heterocycles. The van der Waals surface area contributed by atoms with Gasteiger partial charge in [0, 0.05) is 19.1 Å². The minimum atomic E-state index is -0.185. The lowest BCUT2D eigenvalue weighted by atomic mass is 10.1. The number of nitrogens with zero attached hydrogens (tertiary/aromatic N) is 1. The highest BCUT2D eigenvalue weighted by molar-refractivity contribution is 5.82. The molecule has 5 nitrogen and oxygen atoms in total. The van der Waals surface area contributed by atoms with E-state index in [1.165, 1.54) is 5.56 Å². The third-order valence-corrected chi connectivity index (χ3v) is 4.21. The molecule has 1 fully saturated rings. The van der Waals surface area contributed by atoms with Gasteiger partial charge in [0.15, 0.2) is 0 Å². The van der Waals surface area contributed by atoms with Crippen molar-refractivity contribution in [2.75, 3.05) is 13.1 Å². The first-order valence-electron chi connectivity index (χ1n) is 8.06. The molecule has 0 bridgehead atoms. The fourth-order valence-corrected chi connectivity index (χ4v) is 2.94. The topological polar surface area (TPSA) is 71.5 Å². The maximum atomic E-state index is 12.8. The van der Waals surface area contributed by atoms with Crippen LogP contribution in [0, 0.1) is 0 Å². The summed E-state index contributed by atoms with van der Waals surface area (Å²) < 4.78 is 5.41. The summed E-state index contributed by atoms with van der Waals surface area (Å²) in [6.45, 7) is 1.85. The second-order valence-corrected chi connectivity index (χ2v) is 6.03. The Kier molecular flexibility index (Phi) is 5.10. The zero-order valence-electron chi connectivity index (χ0n) is 13.2. The summed E-state index contributed by atoms with van der Waals surface area (Å²) in [7, 11) is 0. The molecule has 1 aromatic heterocycles. The molecule has 1 aromatic carbocycles. The summed E-state index contributed by atoms with van der Waals surface area (Å²) in [5.41, 5.74) is 7.14. The van der Waals surface area contributed by atoms with Gasteiger partial charge in [-0.1, -0.05) is 30.3 Å². The molecule has 5 heteroatoms. The third kappa shape index (κ3) is 4.21. The second kappa shape index (κ2) is 7.44. The highest BCUT2D eigenvalue weighted by Gasteiger charge is 2.30. The van der Waals surface area contributed by atoms with Gasteiger partial charge in [-0.25, -0.2) is 0 Å². The van der Waals surface area contributed by atoms with Crippen LogP contribution in [-0.2, 0) is 17.8 Å². The number of carbonyl (C=O) groups excluding carboxylic acids is 1. The predicted molar refractivity (Wildman–Crippen MR) is 88.7 cm³/mol. The van der Waals surface area contributed by atoms with Crippen molar-refractivity contribution in [3.63, 3.8) is 0 Å². The van der Waals surface area contributed by atoms with E-state index in [4.69, 9.17) is 10.2 Å². The van der Waals surface area contributed by atoms with Gasteiger partial charge in [0.25, 0.3) is 0 Å². The van der Waals surface area contributed by atoms with Gasteiger partial charge < -0.3 is 20.4 Å². The molecule has 0 saturated carbocycles. The summed E-state index contributed by atoms with van der Waals surface area (Å²) in [4.78, 5) is 14.7. The summed E-state index contributed by atoms with van der Waals surface area (Å²) >= 11 is 0. The normalized spacial score (nSPS) is 20.6. The van der Waals surface area contributed by atoms with Crippen molar-refractivity contribution in [2.45, 2.75) is 31.5 Å². The Balaban J connectivity index is 1.66. The Morgan fingerprint density at radius 3 is 2.74 bits per heavy atom. The van der Waals surface area contributed by atoms with Gasteiger partial charge in [0.1, 0.15) is 5.76 Å². The fraction of sp³-hybridized carbons (Fsp3) is 0.389. The first kappa shape index (κ1) is 15.8. The van der Waals surface area contributed by atoms with E-state index in [1.807, 2.05) is 35.2 Å². The number of rotatable bonds is 6. The first-order valence-corrected chi connectivity index (χ1v) is 8.06. The zero-order valence-corrected chi connectivity index (χ0v) is 13.2. The van der Waals surface area contributed by atoms with Crippen LogP contribution in [0.4, 0.5) is 0 Å². The van der Waals surface area contributed by atoms with Crippen LogP contribution >= 0.6 is 0 Å². The van der Waals surface area contributed by atoms with Crippen LogP contribution in [0.1, 0.15) is 17.7 Å². The van der Waals surface area contributed by atoms with E-state index < -0.39 is 0 Å². The van der Waals surface area contributed by atoms with Gasteiger partial charge in [-0.15, -0.1) is 0 Å². The average molecular weight is 313 g/mol. The van der Waals surface area contributed by atoms with E-state index >= 15 is 0 Å². The molecule has 0 radical (unpaired) electrons. The second-order valence-electron chi connectivity index (χ2n) is 6.03. The van der Waals surface area contributed by atoms with Crippen LogP contribution in [0.2, 0.25) is 0 Å². The van der Waals surface area contributed by atoms with E-state index in [9.17, 15) is 4.79 Å². The molecule has 23 heavy (non-hydrogen) atoms. The summed E-state index contributed by atoms with van der Waals surface area (Å²) in [5.74, 6) is 0.902. The van der Waals surface area contributed by atoms with E-state index in [1.54, 1.807) is 6.26 Å². The fourth-order valence-electron chi connectivity index (χ4n) is 2.94. The summed E-state index contributed by atoms with van der Waals surface area (Å²) in [6.07, 6.45) is 3.16. The van der Waals surface area contributed by atoms with E-state index in [0.29, 0.717) is 26.1 Å². The van der Waals surface area contributed by atoms with Crippen molar-refractivity contribution in [2.24, 2.45) is 5.73 Å². The molecule has 0 aliphatic carbocycles. The number of nitrogens with one attached hydrogen (secondary N) is 1. The SMILES string of the molecule is N[C@H]1CN[C@H](C(=O)N(CCc2ccccc2)Cc2ccco2)C1. The van der Waals surface area contributed by atoms with Gasteiger partial charge in [-0.05, 0) is 30.5 Å². The van der Waals surface area contributed by atoms with E-state index in [-0.39, 0.29) is 18.0 Å². The van der Waals surface area contributed by atoms with Gasteiger partial charge in [-0.3, -0.25) is 4.79 Å². The highest BCUT2D eigenvalue weighted by Crippen LogP contribution is 2.13. The molecular weight excluding hydrogens is 290 g/mol. The number of furan rings is 1. The van der Waals surface area contributed by atoms with Crippen molar-refractivity contribution in [1.29, 1.82) is 0 Å². The molecule has 3 N–H and O–H groups in total. The molecule has 2 atom stereocenters. The van der Waals surface area contributed by atoms with E-state index in [0.717, 1.165) is 12.2 Å². The molecule has 3 rings (SSSR count). The van der Waals surface area contributed by atoms with Crippen LogP contribution in [0.15, 0.2) is 53.1 Å². The Morgan fingerprint density at radius 2 is 2.09 bits per heavy atom. The standard InChI is InChI=1S/C18H23N3O2/c19-15-11-17(20-12-15)18(22)21(13-16-7-4-10-23-16)9-8-14-5-2-1-3-6-14/h1-7,10,15,17,20H,8-9,11-13,19H2/t15-,17+/m1/s1. The molecule has 1 aliphatic heterocycles. The van der Waals surface area contributed by atoms with Crippen molar-refractivity contribution >= 4 is 5.91 Å². The Bertz CT molecular complexity index is 612. The van der Waals surface area contributed by atoms with Crippen molar-refractivity contribution in [3.05, 3.63) is 60.1 Å². The third-order valence-electron chi connectivity index (χ3n) is 4.21. The molecule has 0 spiro atoms. The Hall–Kier alpha value is -2.11. The van der Waals surface area contributed by atoms with E-state index in [2.05, 4.69) is 17.4 Å². The molecular formula is C18H23N3O2. The quantitative estimate of drug-likeness (QED) is 0.848. The van der Waals surface area contributed by atoms with Gasteiger partial charge >= 0.3 is 0 Å². The van der Waals surface area contributed by atoms with Gasteiger partial charge in [-0.2, -0.15) is 0 Å². The lowest BCUT2D eigenvalue weighted by Crippen LogP contribution is -2.44. The largest absolute Gasteiger partial charge is 0.467 e. The van der Waals surface area contributed by atoms with Crippen molar-refractivity contribution in [1.82, 2.24) is 10.2 Å². The molecule has 1 aliphatic rings. The summed E-state index contributed by atoms with van der Waals surface area (Å²) in [5, 5.41) is 3.22. The Labute approximate surface area is 136 Å². The smallest absolute Gasteiger partial charge is 0.240 e. The van der Waals surface area contributed by atoms with Crippen LogP contribution in [0.3, 0.4) is 0 Å². The number of amides is 1. The zero-order chi connectivity index (χ0) is 16.1. The highest BCUT2D eigenvalue weighted by atomic mass is 16.3. The summed E-state index contributed by atoms with van der Waals surface area (Å²) in [6, 6.07) is 13.8. The number of hydrogen-bond acceptors (Lipinski definition) is 4. The van der Waals surface area contributed by atoms with Crippen LogP contribution in [-0.4, -0.2) is 36.0 Å². The van der Waals surface area contributed by atoms with Gasteiger partial charge in [0.2, 0.25) is 5.91 Å². The predicted octanol–water partition coefficient (Wildman–Crippen LogP) is 1.54. The lowest BCUT2D eigenvalue weighted by molar-refractivity contribution is -0.134. The first-order chi connectivity index (χ1) is 11.2. The van der Waals surface area contributed by atoms with Crippen LogP contribution in [0.5, 0.6) is 0 Å². The number of carbonyl (C=O) groups is 1. The van der Waals surface area contributed by atoms with Crippen LogP contribution < -0.4 is 11.1 Å². The maximum absolute atomic E-state index is 12.8.